The van der Waals surface area contributed by atoms with Gasteiger partial charge in [0.25, 0.3) is 5.69 Å². The lowest BCUT2D eigenvalue weighted by Crippen LogP contribution is -2.16. The molecule has 0 unspecified atom stereocenters. The van der Waals surface area contributed by atoms with Crippen molar-refractivity contribution in [3.8, 4) is 5.75 Å². The van der Waals surface area contributed by atoms with E-state index in [1.807, 2.05) is 42.7 Å². The molecule has 1 aromatic heterocycles. The Bertz CT molecular complexity index is 1080. The lowest BCUT2D eigenvalue weighted by molar-refractivity contribution is -0.383. The molecule has 32 heavy (non-hydrogen) atoms. The summed E-state index contributed by atoms with van der Waals surface area (Å²) in [5.41, 5.74) is 1.25. The first-order chi connectivity index (χ1) is 15.4. The zero-order valence-electron chi connectivity index (χ0n) is 18.1. The molecule has 0 spiro atoms. The fourth-order valence-corrected chi connectivity index (χ4v) is 3.93. The predicted molar refractivity (Wildman–Crippen MR) is 123 cm³/mol. The number of para-hydroxylation sites is 2. The Kier molecular flexibility index (Phi) is 7.82. The van der Waals surface area contributed by atoms with Crippen molar-refractivity contribution in [1.82, 2.24) is 14.8 Å². The summed E-state index contributed by atoms with van der Waals surface area (Å²) in [6.07, 6.45) is 0.635. The van der Waals surface area contributed by atoms with Crippen LogP contribution < -0.4 is 10.1 Å². The molecular formula is C22H25N5O4S. The molecule has 0 saturated carbocycles. The molecule has 0 aliphatic carbocycles. The number of thioether (sulfide) groups is 1. The number of nitro groups is 1. The van der Waals surface area contributed by atoms with Gasteiger partial charge >= 0.3 is 0 Å². The van der Waals surface area contributed by atoms with Crippen LogP contribution in [0.5, 0.6) is 5.75 Å². The Morgan fingerprint density at radius 3 is 2.56 bits per heavy atom. The van der Waals surface area contributed by atoms with Gasteiger partial charge in [0.1, 0.15) is 11.4 Å². The fourth-order valence-electron chi connectivity index (χ4n) is 3.12. The molecule has 3 aromatic rings. The second-order valence-corrected chi connectivity index (χ2v) is 7.90. The molecule has 1 atom stereocenters. The minimum absolute atomic E-state index is 0.0396. The van der Waals surface area contributed by atoms with Crippen LogP contribution >= 0.6 is 11.8 Å². The van der Waals surface area contributed by atoms with Crippen molar-refractivity contribution < 1.29 is 14.5 Å². The number of nitro benzene ring substituents is 1. The van der Waals surface area contributed by atoms with Crippen LogP contribution in [0.1, 0.15) is 38.3 Å². The standard InChI is InChI=1S/C22H25N5O4S/c1-4-16-10-12-17(13-11-16)31-15(3)21-24-25-22(26(21)5-2)32-14-20(28)23-18-8-6-7-9-19(18)27(29)30/h6-13,15H,4-5,14H2,1-3H3,(H,23,28)/t15-/m1/s1. The highest BCUT2D eigenvalue weighted by Crippen LogP contribution is 2.26. The summed E-state index contributed by atoms with van der Waals surface area (Å²) in [6.45, 7) is 6.58. The maximum absolute atomic E-state index is 12.4. The van der Waals surface area contributed by atoms with Gasteiger partial charge in [-0.25, -0.2) is 0 Å². The molecule has 0 fully saturated rings. The van der Waals surface area contributed by atoms with Gasteiger partial charge in [-0.1, -0.05) is 43.0 Å². The van der Waals surface area contributed by atoms with E-state index in [0.29, 0.717) is 17.5 Å². The smallest absolute Gasteiger partial charge is 0.292 e. The van der Waals surface area contributed by atoms with Crippen LogP contribution in [0.2, 0.25) is 0 Å². The van der Waals surface area contributed by atoms with Crippen molar-refractivity contribution in [2.24, 2.45) is 0 Å². The van der Waals surface area contributed by atoms with Crippen molar-refractivity contribution in [2.75, 3.05) is 11.1 Å². The molecule has 0 bridgehead atoms. The van der Waals surface area contributed by atoms with E-state index in [9.17, 15) is 14.9 Å². The minimum Gasteiger partial charge on any atom is -0.483 e. The highest BCUT2D eigenvalue weighted by atomic mass is 32.2. The van der Waals surface area contributed by atoms with Crippen LogP contribution in [0.3, 0.4) is 0 Å². The van der Waals surface area contributed by atoms with E-state index in [-0.39, 0.29) is 29.1 Å². The monoisotopic (exact) mass is 455 g/mol. The van der Waals surface area contributed by atoms with Crippen molar-refractivity contribution in [1.29, 1.82) is 0 Å². The summed E-state index contributed by atoms with van der Waals surface area (Å²) in [5, 5.41) is 22.8. The van der Waals surface area contributed by atoms with Crippen molar-refractivity contribution in [2.45, 2.75) is 45.0 Å². The number of aromatic nitrogens is 3. The second-order valence-electron chi connectivity index (χ2n) is 6.95. The summed E-state index contributed by atoms with van der Waals surface area (Å²) in [5.74, 6) is 1.08. The van der Waals surface area contributed by atoms with Gasteiger partial charge in [0, 0.05) is 12.6 Å². The first-order valence-corrected chi connectivity index (χ1v) is 11.3. The number of nitrogens with zero attached hydrogens (tertiary/aromatic N) is 4. The molecule has 0 aliphatic heterocycles. The van der Waals surface area contributed by atoms with Crippen LogP contribution in [0, 0.1) is 10.1 Å². The second kappa shape index (κ2) is 10.8. The number of nitrogens with one attached hydrogen (secondary N) is 1. The van der Waals surface area contributed by atoms with E-state index in [1.165, 1.54) is 29.5 Å². The molecule has 0 radical (unpaired) electrons. The fraction of sp³-hybridized carbons (Fsp3) is 0.318. The Labute approximate surface area is 190 Å². The van der Waals surface area contributed by atoms with Gasteiger partial charge in [-0.2, -0.15) is 0 Å². The number of rotatable bonds is 10. The maximum Gasteiger partial charge on any atom is 0.292 e. The van der Waals surface area contributed by atoms with Crippen molar-refractivity contribution >= 4 is 29.0 Å². The summed E-state index contributed by atoms with van der Waals surface area (Å²) >= 11 is 1.21. The van der Waals surface area contributed by atoms with Crippen LogP contribution in [0.25, 0.3) is 0 Å². The zero-order valence-corrected chi connectivity index (χ0v) is 19.0. The Hall–Kier alpha value is -3.40. The molecule has 2 aromatic carbocycles. The Morgan fingerprint density at radius 1 is 1.19 bits per heavy atom. The summed E-state index contributed by atoms with van der Waals surface area (Å²) in [6, 6.07) is 14.0. The molecule has 1 amide bonds. The Morgan fingerprint density at radius 2 is 1.91 bits per heavy atom. The number of hydrogen-bond donors (Lipinski definition) is 1. The van der Waals surface area contributed by atoms with Crippen LogP contribution in [-0.4, -0.2) is 31.3 Å². The molecule has 1 N–H and O–H groups in total. The van der Waals surface area contributed by atoms with E-state index in [4.69, 9.17) is 4.74 Å². The summed E-state index contributed by atoms with van der Waals surface area (Å²) in [4.78, 5) is 22.9. The van der Waals surface area contributed by atoms with E-state index < -0.39 is 4.92 Å². The lowest BCUT2D eigenvalue weighted by atomic mass is 10.2. The maximum atomic E-state index is 12.4. The average Bonchev–Trinajstić information content (AvgIpc) is 3.21. The molecule has 0 aliphatic rings. The first kappa shape index (κ1) is 23.3. The third kappa shape index (κ3) is 5.64. The number of carbonyl (C=O) groups excluding carboxylic acids is 1. The average molecular weight is 456 g/mol. The molecule has 168 valence electrons. The van der Waals surface area contributed by atoms with Gasteiger partial charge in [0.2, 0.25) is 5.91 Å². The van der Waals surface area contributed by atoms with E-state index in [2.05, 4.69) is 22.4 Å². The number of carbonyl (C=O) groups is 1. The topological polar surface area (TPSA) is 112 Å². The zero-order chi connectivity index (χ0) is 23.1. The van der Waals surface area contributed by atoms with E-state index in [0.717, 1.165) is 12.2 Å². The van der Waals surface area contributed by atoms with Crippen molar-refractivity contribution in [3.05, 3.63) is 70.0 Å². The molecule has 9 nitrogen and oxygen atoms in total. The van der Waals surface area contributed by atoms with Gasteiger partial charge in [-0.3, -0.25) is 14.9 Å². The largest absolute Gasteiger partial charge is 0.483 e. The van der Waals surface area contributed by atoms with Gasteiger partial charge in [0.05, 0.1) is 10.7 Å². The number of benzene rings is 2. The first-order valence-electron chi connectivity index (χ1n) is 10.3. The molecular weight excluding hydrogens is 430 g/mol. The minimum atomic E-state index is -0.528. The highest BCUT2D eigenvalue weighted by molar-refractivity contribution is 7.99. The molecule has 0 saturated heterocycles. The third-order valence-electron chi connectivity index (χ3n) is 4.78. The molecule has 10 heteroatoms. The Balaban J connectivity index is 1.64. The highest BCUT2D eigenvalue weighted by Gasteiger charge is 2.20. The van der Waals surface area contributed by atoms with E-state index >= 15 is 0 Å². The van der Waals surface area contributed by atoms with Crippen molar-refractivity contribution in [3.63, 3.8) is 0 Å². The SMILES string of the molecule is CCc1ccc(O[C@H](C)c2nnc(SCC(=O)Nc3ccccc3[N+](=O)[O-])n2CC)cc1. The predicted octanol–water partition coefficient (Wildman–Crippen LogP) is 4.64. The lowest BCUT2D eigenvalue weighted by Gasteiger charge is -2.16. The van der Waals surface area contributed by atoms with Gasteiger partial charge in [-0.15, -0.1) is 10.2 Å². The number of anilines is 1. The van der Waals surface area contributed by atoms with Gasteiger partial charge < -0.3 is 14.6 Å². The van der Waals surface area contributed by atoms with Crippen LogP contribution in [0.15, 0.2) is 53.7 Å². The van der Waals surface area contributed by atoms with Crippen LogP contribution in [-0.2, 0) is 17.8 Å². The molecule has 3 rings (SSSR count). The van der Waals surface area contributed by atoms with Crippen LogP contribution in [0.4, 0.5) is 11.4 Å². The van der Waals surface area contributed by atoms with Gasteiger partial charge in [0.15, 0.2) is 17.1 Å². The number of ether oxygens (including phenoxy) is 1. The number of amides is 1. The quantitative estimate of drug-likeness (QED) is 0.269. The third-order valence-corrected chi connectivity index (χ3v) is 5.74. The summed E-state index contributed by atoms with van der Waals surface area (Å²) in [7, 11) is 0. The normalized spacial score (nSPS) is 11.7. The number of aryl methyl sites for hydroxylation is 1. The number of hydrogen-bond acceptors (Lipinski definition) is 7. The van der Waals surface area contributed by atoms with Gasteiger partial charge in [-0.05, 0) is 44.0 Å². The summed E-state index contributed by atoms with van der Waals surface area (Å²) < 4.78 is 7.92. The van der Waals surface area contributed by atoms with E-state index in [1.54, 1.807) is 12.1 Å². The molecule has 1 heterocycles.